The van der Waals surface area contributed by atoms with Crippen molar-refractivity contribution in [3.8, 4) is 0 Å². The normalized spacial score (nSPS) is 22.5. The van der Waals surface area contributed by atoms with Gasteiger partial charge in [-0.3, -0.25) is 0 Å². The zero-order valence-electron chi connectivity index (χ0n) is 9.75. The molecule has 1 amide bonds. The number of carbonyl (C=O) groups is 1. The zero-order chi connectivity index (χ0) is 11.1. The maximum atomic E-state index is 11.6. The van der Waals surface area contributed by atoms with Crippen molar-refractivity contribution in [1.82, 2.24) is 10.2 Å². The van der Waals surface area contributed by atoms with E-state index in [2.05, 4.69) is 5.32 Å². The standard InChI is InChI=1S/C11H20N2O2/c1-11(2,3)15-10(14)13-6-9(7-13)12-8-4-5-8/h8-9,12H,4-7H2,1-3H3. The maximum Gasteiger partial charge on any atom is 0.410 e. The second kappa shape index (κ2) is 3.67. The number of carbonyl (C=O) groups excluding carboxylic acids is 1. The van der Waals surface area contributed by atoms with E-state index in [0.717, 1.165) is 19.1 Å². The molecule has 4 heteroatoms. The van der Waals surface area contributed by atoms with Crippen LogP contribution in [0.5, 0.6) is 0 Å². The Labute approximate surface area is 91.0 Å². The lowest BCUT2D eigenvalue weighted by atomic mass is 10.1. The number of nitrogens with zero attached hydrogens (tertiary/aromatic N) is 1. The number of amides is 1. The number of hydrogen-bond donors (Lipinski definition) is 1. The molecule has 0 aromatic heterocycles. The molecule has 0 aromatic carbocycles. The van der Waals surface area contributed by atoms with Gasteiger partial charge in [-0.15, -0.1) is 0 Å². The van der Waals surface area contributed by atoms with E-state index in [0.29, 0.717) is 6.04 Å². The van der Waals surface area contributed by atoms with Crippen LogP contribution in [0.3, 0.4) is 0 Å². The SMILES string of the molecule is CC(C)(C)OC(=O)N1CC(NC2CC2)C1. The highest BCUT2D eigenvalue weighted by molar-refractivity contribution is 5.69. The van der Waals surface area contributed by atoms with Crippen LogP contribution in [0.1, 0.15) is 33.6 Å². The van der Waals surface area contributed by atoms with E-state index >= 15 is 0 Å². The van der Waals surface area contributed by atoms with E-state index in [1.54, 1.807) is 4.90 Å². The number of likely N-dealkylation sites (tertiary alicyclic amines) is 1. The minimum Gasteiger partial charge on any atom is -0.444 e. The topological polar surface area (TPSA) is 41.6 Å². The molecule has 4 nitrogen and oxygen atoms in total. The Bertz CT molecular complexity index is 250. The summed E-state index contributed by atoms with van der Waals surface area (Å²) in [7, 11) is 0. The average molecular weight is 212 g/mol. The third kappa shape index (κ3) is 3.09. The summed E-state index contributed by atoms with van der Waals surface area (Å²) >= 11 is 0. The van der Waals surface area contributed by atoms with Gasteiger partial charge in [0.25, 0.3) is 0 Å². The van der Waals surface area contributed by atoms with Crippen LogP contribution in [0, 0.1) is 0 Å². The lowest BCUT2D eigenvalue weighted by Gasteiger charge is -2.40. The van der Waals surface area contributed by atoms with Gasteiger partial charge in [0.2, 0.25) is 0 Å². The van der Waals surface area contributed by atoms with E-state index in [4.69, 9.17) is 4.74 Å². The molecule has 0 aromatic rings. The largest absolute Gasteiger partial charge is 0.444 e. The molecule has 1 aliphatic heterocycles. The molecular weight excluding hydrogens is 192 g/mol. The number of hydrogen-bond acceptors (Lipinski definition) is 3. The molecule has 0 radical (unpaired) electrons. The van der Waals surface area contributed by atoms with Gasteiger partial charge < -0.3 is 15.0 Å². The Morgan fingerprint density at radius 1 is 1.27 bits per heavy atom. The predicted octanol–water partition coefficient (Wildman–Crippen LogP) is 1.36. The molecule has 0 atom stereocenters. The van der Waals surface area contributed by atoms with Crippen molar-refractivity contribution in [3.05, 3.63) is 0 Å². The zero-order valence-corrected chi connectivity index (χ0v) is 9.75. The first-order chi connectivity index (χ1) is 6.94. The van der Waals surface area contributed by atoms with Crippen molar-refractivity contribution in [2.75, 3.05) is 13.1 Å². The fraction of sp³-hybridized carbons (Fsp3) is 0.909. The summed E-state index contributed by atoms with van der Waals surface area (Å²) in [5.41, 5.74) is -0.383. The van der Waals surface area contributed by atoms with Crippen molar-refractivity contribution in [3.63, 3.8) is 0 Å². The molecule has 86 valence electrons. The van der Waals surface area contributed by atoms with Crippen LogP contribution in [0.2, 0.25) is 0 Å². The second-order valence-corrected chi connectivity index (χ2v) is 5.52. The van der Waals surface area contributed by atoms with Gasteiger partial charge in [0.15, 0.2) is 0 Å². The summed E-state index contributed by atoms with van der Waals surface area (Å²) in [5, 5.41) is 3.49. The Kier molecular flexibility index (Phi) is 2.63. The molecule has 2 fully saturated rings. The Morgan fingerprint density at radius 3 is 2.33 bits per heavy atom. The molecule has 1 saturated carbocycles. The maximum absolute atomic E-state index is 11.6. The average Bonchev–Trinajstić information content (AvgIpc) is 2.74. The summed E-state index contributed by atoms with van der Waals surface area (Å²) in [6, 6.07) is 1.21. The lowest BCUT2D eigenvalue weighted by molar-refractivity contribution is 0.00515. The highest BCUT2D eigenvalue weighted by Gasteiger charge is 2.36. The van der Waals surface area contributed by atoms with Gasteiger partial charge in [-0.2, -0.15) is 0 Å². The molecular formula is C11H20N2O2. The van der Waals surface area contributed by atoms with E-state index in [9.17, 15) is 4.79 Å². The summed E-state index contributed by atoms with van der Waals surface area (Å²) < 4.78 is 5.27. The van der Waals surface area contributed by atoms with Crippen LogP contribution < -0.4 is 5.32 Å². The molecule has 1 saturated heterocycles. The summed E-state index contributed by atoms with van der Waals surface area (Å²) in [4.78, 5) is 13.3. The first-order valence-corrected chi connectivity index (χ1v) is 5.68. The lowest BCUT2D eigenvalue weighted by Crippen LogP contribution is -2.60. The molecule has 0 unspecified atom stereocenters. The second-order valence-electron chi connectivity index (χ2n) is 5.52. The van der Waals surface area contributed by atoms with Gasteiger partial charge in [0.1, 0.15) is 5.60 Å². The number of nitrogens with one attached hydrogen (secondary N) is 1. The predicted molar refractivity (Wildman–Crippen MR) is 57.8 cm³/mol. The van der Waals surface area contributed by atoms with Crippen molar-refractivity contribution in [1.29, 1.82) is 0 Å². The molecule has 2 rings (SSSR count). The molecule has 0 spiro atoms. The van der Waals surface area contributed by atoms with Crippen molar-refractivity contribution >= 4 is 6.09 Å². The fourth-order valence-corrected chi connectivity index (χ4v) is 1.64. The van der Waals surface area contributed by atoms with Gasteiger partial charge in [0.05, 0.1) is 0 Å². The molecule has 1 heterocycles. The van der Waals surface area contributed by atoms with Gasteiger partial charge in [-0.05, 0) is 33.6 Å². The van der Waals surface area contributed by atoms with E-state index in [1.807, 2.05) is 20.8 Å². The molecule has 1 N–H and O–H groups in total. The molecule has 2 aliphatic rings. The van der Waals surface area contributed by atoms with Crippen molar-refractivity contribution in [2.45, 2.75) is 51.3 Å². The Balaban J connectivity index is 1.66. The third-order valence-electron chi connectivity index (χ3n) is 2.58. The Morgan fingerprint density at radius 2 is 1.87 bits per heavy atom. The molecule has 1 aliphatic carbocycles. The van der Waals surface area contributed by atoms with E-state index in [1.165, 1.54) is 12.8 Å². The quantitative estimate of drug-likeness (QED) is 0.751. The first-order valence-electron chi connectivity index (χ1n) is 5.68. The van der Waals surface area contributed by atoms with Crippen LogP contribution in [0.15, 0.2) is 0 Å². The Hall–Kier alpha value is -0.770. The number of rotatable bonds is 2. The van der Waals surface area contributed by atoms with Gasteiger partial charge in [0, 0.05) is 25.2 Å². The summed E-state index contributed by atoms with van der Waals surface area (Å²) in [6.07, 6.45) is 2.41. The van der Waals surface area contributed by atoms with Crippen LogP contribution in [0.4, 0.5) is 4.79 Å². The minimum atomic E-state index is -0.383. The van der Waals surface area contributed by atoms with Crippen molar-refractivity contribution < 1.29 is 9.53 Å². The van der Waals surface area contributed by atoms with Gasteiger partial charge in [-0.25, -0.2) is 4.79 Å². The minimum absolute atomic E-state index is 0.184. The molecule has 0 bridgehead atoms. The highest BCUT2D eigenvalue weighted by Crippen LogP contribution is 2.22. The van der Waals surface area contributed by atoms with Gasteiger partial charge >= 0.3 is 6.09 Å². The highest BCUT2D eigenvalue weighted by atomic mass is 16.6. The molecule has 15 heavy (non-hydrogen) atoms. The van der Waals surface area contributed by atoms with Crippen molar-refractivity contribution in [2.24, 2.45) is 0 Å². The van der Waals surface area contributed by atoms with Crippen LogP contribution in [-0.2, 0) is 4.74 Å². The van der Waals surface area contributed by atoms with Crippen LogP contribution >= 0.6 is 0 Å². The number of ether oxygens (including phenoxy) is 1. The van der Waals surface area contributed by atoms with E-state index < -0.39 is 0 Å². The van der Waals surface area contributed by atoms with Crippen LogP contribution in [0.25, 0.3) is 0 Å². The first kappa shape index (κ1) is 10.7. The third-order valence-corrected chi connectivity index (χ3v) is 2.58. The van der Waals surface area contributed by atoms with Crippen LogP contribution in [-0.4, -0.2) is 41.8 Å². The van der Waals surface area contributed by atoms with E-state index in [-0.39, 0.29) is 11.7 Å². The fourth-order valence-electron chi connectivity index (χ4n) is 1.64. The summed E-state index contributed by atoms with van der Waals surface area (Å²) in [6.45, 7) is 7.27. The summed E-state index contributed by atoms with van der Waals surface area (Å²) in [5.74, 6) is 0. The van der Waals surface area contributed by atoms with Gasteiger partial charge in [-0.1, -0.05) is 0 Å². The smallest absolute Gasteiger partial charge is 0.410 e. The monoisotopic (exact) mass is 212 g/mol.